The number of esters is 4. The SMILES string of the molecule is COc1cc(OC(C)=O)c(C(c2ccccc2)c2c(OC(C)=O)c(C)c(OC(C)=O)c3c2O[C@H](c2ccccc2)CC3=O)c(OC(C)=O)c1C. The van der Waals surface area contributed by atoms with Crippen LogP contribution in [0.15, 0.2) is 66.7 Å². The van der Waals surface area contributed by atoms with Crippen molar-refractivity contribution in [1.82, 2.24) is 0 Å². The van der Waals surface area contributed by atoms with Gasteiger partial charge in [-0.15, -0.1) is 0 Å². The number of methoxy groups -OCH3 is 1. The minimum atomic E-state index is -1.10. The van der Waals surface area contributed by atoms with Crippen molar-refractivity contribution in [3.63, 3.8) is 0 Å². The Bertz CT molecular complexity index is 2000. The molecule has 258 valence electrons. The van der Waals surface area contributed by atoms with E-state index in [1.54, 1.807) is 44.2 Å². The highest BCUT2D eigenvalue weighted by Gasteiger charge is 2.42. The third-order valence-corrected chi connectivity index (χ3v) is 8.11. The Kier molecular flexibility index (Phi) is 10.4. The van der Waals surface area contributed by atoms with Crippen molar-refractivity contribution >= 4 is 29.7 Å². The van der Waals surface area contributed by atoms with E-state index in [-0.39, 0.29) is 63.2 Å². The highest BCUT2D eigenvalue weighted by Crippen LogP contribution is 2.57. The molecule has 2 atom stereocenters. The van der Waals surface area contributed by atoms with Crippen LogP contribution < -0.4 is 28.4 Å². The van der Waals surface area contributed by atoms with Gasteiger partial charge in [-0.2, -0.15) is 0 Å². The molecule has 1 unspecified atom stereocenters. The maximum absolute atomic E-state index is 14.2. The number of carbonyl (C=O) groups excluding carboxylic acids is 5. The molecule has 0 radical (unpaired) electrons. The average molecular weight is 681 g/mol. The number of Topliss-reactive ketones (excluding diaryl/α,β-unsaturated/α-hetero) is 1. The lowest BCUT2D eigenvalue weighted by atomic mass is 9.79. The zero-order valence-corrected chi connectivity index (χ0v) is 28.7. The second-order valence-electron chi connectivity index (χ2n) is 11.7. The highest BCUT2D eigenvalue weighted by atomic mass is 16.6. The summed E-state index contributed by atoms with van der Waals surface area (Å²) >= 11 is 0. The van der Waals surface area contributed by atoms with E-state index >= 15 is 0 Å². The maximum atomic E-state index is 14.2. The van der Waals surface area contributed by atoms with E-state index in [0.29, 0.717) is 16.7 Å². The van der Waals surface area contributed by atoms with Crippen LogP contribution in [-0.2, 0) is 19.2 Å². The van der Waals surface area contributed by atoms with Gasteiger partial charge in [-0.05, 0) is 25.0 Å². The molecule has 11 heteroatoms. The van der Waals surface area contributed by atoms with E-state index in [9.17, 15) is 24.0 Å². The number of benzene rings is 4. The molecule has 0 amide bonds. The van der Waals surface area contributed by atoms with E-state index in [1.165, 1.54) is 40.9 Å². The Balaban J connectivity index is 2.02. The number of hydrogen-bond acceptors (Lipinski definition) is 11. The quantitative estimate of drug-likeness (QED) is 0.104. The van der Waals surface area contributed by atoms with Gasteiger partial charge in [0.15, 0.2) is 11.5 Å². The molecule has 4 aromatic rings. The molecule has 50 heavy (non-hydrogen) atoms. The fraction of sp³-hybridized carbons (Fsp3) is 0.256. The second kappa shape index (κ2) is 14.7. The van der Waals surface area contributed by atoms with Gasteiger partial charge in [0.05, 0.1) is 24.7 Å². The molecule has 0 fully saturated rings. The topological polar surface area (TPSA) is 141 Å². The predicted octanol–water partition coefficient (Wildman–Crippen LogP) is 6.90. The van der Waals surface area contributed by atoms with Gasteiger partial charge in [0.1, 0.15) is 40.4 Å². The molecule has 0 saturated heterocycles. The van der Waals surface area contributed by atoms with Crippen LogP contribution in [-0.4, -0.2) is 36.8 Å². The second-order valence-corrected chi connectivity index (χ2v) is 11.7. The molecule has 0 N–H and O–H groups in total. The van der Waals surface area contributed by atoms with Crippen LogP contribution in [0, 0.1) is 13.8 Å². The van der Waals surface area contributed by atoms with Gasteiger partial charge in [-0.3, -0.25) is 24.0 Å². The predicted molar refractivity (Wildman–Crippen MR) is 180 cm³/mol. The average Bonchev–Trinajstić information content (AvgIpc) is 3.06. The lowest BCUT2D eigenvalue weighted by molar-refractivity contribution is -0.133. The van der Waals surface area contributed by atoms with E-state index in [0.717, 1.165) is 0 Å². The highest BCUT2D eigenvalue weighted by molar-refractivity contribution is 6.05. The van der Waals surface area contributed by atoms with Crippen LogP contribution in [0.5, 0.6) is 34.5 Å². The molecular weight excluding hydrogens is 644 g/mol. The standard InChI is InChI=1S/C39H36O11/c1-20-29(45-7)19-31(46-22(3)40)34(36(20)47-23(4)41)32(27-16-12-9-13-17-27)35-38(49-25(6)43)21(2)37(48-24(5)42)33-28(44)18-30(50-39(33)35)26-14-10-8-11-15-26/h8-17,19,30,32H,18H2,1-7H3/t30-,32?/m0/s1. The molecule has 1 aliphatic heterocycles. The Morgan fingerprint density at radius 3 is 1.74 bits per heavy atom. The minimum absolute atomic E-state index is 0.00735. The molecule has 0 saturated carbocycles. The van der Waals surface area contributed by atoms with E-state index in [2.05, 4.69) is 0 Å². The summed E-state index contributed by atoms with van der Waals surface area (Å²) < 4.78 is 35.5. The van der Waals surface area contributed by atoms with Crippen molar-refractivity contribution in [2.45, 2.75) is 60.0 Å². The summed E-state index contributed by atoms with van der Waals surface area (Å²) in [7, 11) is 1.42. The molecule has 5 rings (SSSR count). The summed E-state index contributed by atoms with van der Waals surface area (Å²) in [6, 6.07) is 19.5. The number of hydrogen-bond donors (Lipinski definition) is 0. The minimum Gasteiger partial charge on any atom is -0.496 e. The van der Waals surface area contributed by atoms with Crippen molar-refractivity contribution in [2.75, 3.05) is 7.11 Å². The smallest absolute Gasteiger partial charge is 0.308 e. The normalized spacial score (nSPS) is 14.1. The number of ether oxygens (including phenoxy) is 6. The van der Waals surface area contributed by atoms with Gasteiger partial charge < -0.3 is 28.4 Å². The molecule has 1 heterocycles. The van der Waals surface area contributed by atoms with Crippen molar-refractivity contribution in [3.05, 3.63) is 106 Å². The van der Waals surface area contributed by atoms with Gasteiger partial charge in [-0.25, -0.2) is 0 Å². The van der Waals surface area contributed by atoms with Crippen molar-refractivity contribution < 1.29 is 52.4 Å². The molecule has 11 nitrogen and oxygen atoms in total. The first kappa shape index (κ1) is 35.3. The molecule has 1 aliphatic rings. The van der Waals surface area contributed by atoms with Gasteiger partial charge in [0.25, 0.3) is 0 Å². The molecule has 4 aromatic carbocycles. The van der Waals surface area contributed by atoms with E-state index in [1.807, 2.05) is 30.3 Å². The molecule has 0 aliphatic carbocycles. The summed E-state index contributed by atoms with van der Waals surface area (Å²) in [5, 5.41) is 0. The Labute approximate surface area is 289 Å². The monoisotopic (exact) mass is 680 g/mol. The van der Waals surface area contributed by atoms with Crippen molar-refractivity contribution in [2.24, 2.45) is 0 Å². The third kappa shape index (κ3) is 7.07. The van der Waals surface area contributed by atoms with Gasteiger partial charge in [0, 0.05) is 50.8 Å². The van der Waals surface area contributed by atoms with Crippen LogP contribution in [0.1, 0.15) is 89.9 Å². The summed E-state index contributed by atoms with van der Waals surface area (Å²) in [5.41, 5.74) is 2.09. The van der Waals surface area contributed by atoms with E-state index < -0.39 is 41.7 Å². The van der Waals surface area contributed by atoms with Crippen LogP contribution in [0.3, 0.4) is 0 Å². The van der Waals surface area contributed by atoms with Crippen LogP contribution >= 0.6 is 0 Å². The molecule has 0 spiro atoms. The Hall–Kier alpha value is -5.97. The molecule has 0 aromatic heterocycles. The van der Waals surface area contributed by atoms with Gasteiger partial charge in [0.2, 0.25) is 0 Å². The summed E-state index contributed by atoms with van der Waals surface area (Å²) in [6.07, 6.45) is -0.880. The van der Waals surface area contributed by atoms with Crippen molar-refractivity contribution in [3.8, 4) is 34.5 Å². The largest absolute Gasteiger partial charge is 0.496 e. The lowest BCUT2D eigenvalue weighted by Crippen LogP contribution is -2.26. The first-order valence-corrected chi connectivity index (χ1v) is 15.8. The first-order valence-electron chi connectivity index (χ1n) is 15.8. The van der Waals surface area contributed by atoms with Crippen LogP contribution in [0.25, 0.3) is 0 Å². The Morgan fingerprint density at radius 2 is 1.20 bits per heavy atom. The summed E-state index contributed by atoms with van der Waals surface area (Å²) in [4.78, 5) is 64.8. The zero-order chi connectivity index (χ0) is 36.3. The summed E-state index contributed by atoms with van der Waals surface area (Å²) in [6.45, 7) is 8.06. The van der Waals surface area contributed by atoms with E-state index in [4.69, 9.17) is 28.4 Å². The summed E-state index contributed by atoms with van der Waals surface area (Å²) in [5.74, 6) is -4.28. The van der Waals surface area contributed by atoms with Gasteiger partial charge >= 0.3 is 23.9 Å². The maximum Gasteiger partial charge on any atom is 0.308 e. The zero-order valence-electron chi connectivity index (χ0n) is 28.7. The molecular formula is C39H36O11. The van der Waals surface area contributed by atoms with Crippen molar-refractivity contribution in [1.29, 1.82) is 0 Å². The fourth-order valence-corrected chi connectivity index (χ4v) is 6.18. The van der Waals surface area contributed by atoms with Crippen LogP contribution in [0.2, 0.25) is 0 Å². The number of rotatable bonds is 9. The number of fused-ring (bicyclic) bond motifs is 1. The Morgan fingerprint density at radius 1 is 0.680 bits per heavy atom. The first-order chi connectivity index (χ1) is 23.8. The van der Waals surface area contributed by atoms with Crippen LogP contribution in [0.4, 0.5) is 0 Å². The van der Waals surface area contributed by atoms with Gasteiger partial charge in [-0.1, -0.05) is 60.7 Å². The number of ketones is 1. The lowest BCUT2D eigenvalue weighted by Gasteiger charge is -2.34. The number of carbonyl (C=O) groups is 5. The molecule has 0 bridgehead atoms. The fourth-order valence-electron chi connectivity index (χ4n) is 6.18. The third-order valence-electron chi connectivity index (χ3n) is 8.11.